The van der Waals surface area contributed by atoms with Gasteiger partial charge in [0.25, 0.3) is 0 Å². The van der Waals surface area contributed by atoms with Gasteiger partial charge < -0.3 is 5.32 Å². The van der Waals surface area contributed by atoms with Crippen molar-refractivity contribution < 1.29 is 0 Å². The van der Waals surface area contributed by atoms with Gasteiger partial charge in [-0.25, -0.2) is 0 Å². The molecule has 0 bridgehead atoms. The molecule has 2 aromatic rings. The molecule has 2 rings (SSSR count). The van der Waals surface area contributed by atoms with E-state index in [9.17, 15) is 0 Å². The third-order valence-electron chi connectivity index (χ3n) is 3.19. The van der Waals surface area contributed by atoms with Crippen LogP contribution in [-0.2, 0) is 0 Å². The average molecular weight is 241 g/mol. The lowest BCUT2D eigenvalue weighted by Gasteiger charge is -2.21. The van der Waals surface area contributed by atoms with Crippen molar-refractivity contribution in [2.24, 2.45) is 0 Å². The first kappa shape index (κ1) is 12.7. The molecule has 0 radical (unpaired) electrons. The van der Waals surface area contributed by atoms with Crippen molar-refractivity contribution in [2.45, 2.75) is 26.8 Å². The van der Waals surface area contributed by atoms with E-state index in [1.54, 1.807) is 0 Å². The van der Waals surface area contributed by atoms with Gasteiger partial charge in [-0.15, -0.1) is 0 Å². The van der Waals surface area contributed by atoms with Gasteiger partial charge >= 0.3 is 0 Å². The van der Waals surface area contributed by atoms with Crippen molar-refractivity contribution in [3.63, 3.8) is 0 Å². The van der Waals surface area contributed by atoms with E-state index >= 15 is 0 Å². The number of aryl methyl sites for hydroxylation is 2. The topological polar surface area (TPSA) is 37.8 Å². The molecular weight excluding hydrogens is 222 g/mol. The second kappa shape index (κ2) is 5.74. The van der Waals surface area contributed by atoms with Crippen molar-refractivity contribution in [1.29, 1.82) is 0 Å². The largest absolute Gasteiger partial charge is 0.306 e. The maximum absolute atomic E-state index is 4.24. The average Bonchev–Trinajstić information content (AvgIpc) is 2.38. The molecule has 0 saturated heterocycles. The number of pyridine rings is 2. The number of rotatable bonds is 4. The zero-order chi connectivity index (χ0) is 13.0. The Kier molecular flexibility index (Phi) is 4.05. The van der Waals surface area contributed by atoms with Crippen molar-refractivity contribution in [2.75, 3.05) is 6.54 Å². The minimum absolute atomic E-state index is 0.164. The Morgan fingerprint density at radius 1 is 1.00 bits per heavy atom. The van der Waals surface area contributed by atoms with Crippen LogP contribution in [0.15, 0.2) is 36.9 Å². The van der Waals surface area contributed by atoms with Crippen LogP contribution in [0, 0.1) is 13.8 Å². The summed E-state index contributed by atoms with van der Waals surface area (Å²) in [5, 5.41) is 3.52. The lowest BCUT2D eigenvalue weighted by molar-refractivity contribution is 0.620. The van der Waals surface area contributed by atoms with Crippen molar-refractivity contribution >= 4 is 0 Å². The highest BCUT2D eigenvalue weighted by Crippen LogP contribution is 2.25. The molecule has 1 N–H and O–H groups in total. The summed E-state index contributed by atoms with van der Waals surface area (Å²) in [5.41, 5.74) is 4.93. The monoisotopic (exact) mass is 241 g/mol. The third kappa shape index (κ3) is 2.57. The lowest BCUT2D eigenvalue weighted by atomic mass is 9.95. The fraction of sp³-hybridized carbons (Fsp3) is 0.333. The lowest BCUT2D eigenvalue weighted by Crippen LogP contribution is -2.23. The Labute approximate surface area is 108 Å². The summed E-state index contributed by atoms with van der Waals surface area (Å²) in [4.78, 5) is 8.49. The highest BCUT2D eigenvalue weighted by atomic mass is 14.9. The molecule has 0 unspecified atom stereocenters. The number of aromatic nitrogens is 2. The molecule has 3 heteroatoms. The maximum Gasteiger partial charge on any atom is 0.0612 e. The van der Waals surface area contributed by atoms with Crippen LogP contribution in [0.5, 0.6) is 0 Å². The predicted molar refractivity (Wildman–Crippen MR) is 73.5 cm³/mol. The summed E-state index contributed by atoms with van der Waals surface area (Å²) >= 11 is 0. The number of nitrogens with one attached hydrogen (secondary N) is 1. The summed E-state index contributed by atoms with van der Waals surface area (Å²) in [6.07, 6.45) is 7.54. The predicted octanol–water partition coefficient (Wildman–Crippen LogP) is 2.79. The summed E-state index contributed by atoms with van der Waals surface area (Å²) in [7, 11) is 0. The molecule has 0 aliphatic rings. The van der Waals surface area contributed by atoms with Gasteiger partial charge in [0.2, 0.25) is 0 Å². The molecular formula is C15H19N3. The van der Waals surface area contributed by atoms with Gasteiger partial charge in [-0.05, 0) is 54.8 Å². The van der Waals surface area contributed by atoms with Crippen LogP contribution in [-0.4, -0.2) is 16.5 Å². The molecule has 2 heterocycles. The smallest absolute Gasteiger partial charge is 0.0612 e. The van der Waals surface area contributed by atoms with E-state index in [0.717, 1.165) is 6.54 Å². The van der Waals surface area contributed by atoms with Gasteiger partial charge in [-0.1, -0.05) is 6.92 Å². The second-order valence-electron chi connectivity index (χ2n) is 4.46. The summed E-state index contributed by atoms with van der Waals surface area (Å²) in [6, 6.07) is 4.26. The zero-order valence-electron chi connectivity index (χ0n) is 11.1. The second-order valence-corrected chi connectivity index (χ2v) is 4.46. The first-order chi connectivity index (χ1) is 8.74. The minimum Gasteiger partial charge on any atom is -0.306 e. The molecule has 0 fully saturated rings. The third-order valence-corrected chi connectivity index (χ3v) is 3.19. The molecule has 18 heavy (non-hydrogen) atoms. The highest BCUT2D eigenvalue weighted by Gasteiger charge is 2.17. The molecule has 0 saturated carbocycles. The van der Waals surface area contributed by atoms with Crippen molar-refractivity contribution in [1.82, 2.24) is 15.3 Å². The quantitative estimate of drug-likeness (QED) is 0.894. The van der Waals surface area contributed by atoms with E-state index in [-0.39, 0.29) is 6.04 Å². The fourth-order valence-corrected chi connectivity index (χ4v) is 2.15. The van der Waals surface area contributed by atoms with Crippen LogP contribution in [0.1, 0.15) is 35.2 Å². The maximum atomic E-state index is 4.24. The number of hydrogen-bond acceptors (Lipinski definition) is 3. The van der Waals surface area contributed by atoms with Crippen LogP contribution in [0.3, 0.4) is 0 Å². The van der Waals surface area contributed by atoms with Crippen LogP contribution in [0.2, 0.25) is 0 Å². The van der Waals surface area contributed by atoms with Crippen LogP contribution < -0.4 is 5.32 Å². The Balaban J connectivity index is 2.47. The van der Waals surface area contributed by atoms with Gasteiger partial charge in [0.15, 0.2) is 0 Å². The van der Waals surface area contributed by atoms with E-state index < -0.39 is 0 Å². The van der Waals surface area contributed by atoms with Crippen LogP contribution in [0.25, 0.3) is 0 Å². The molecule has 0 spiro atoms. The standard InChI is InChI=1S/C15H19N3/c1-4-18-15(13-9-16-7-5-11(13)2)14-10-17-8-6-12(14)3/h5-10,15,18H,4H2,1-3H3. The van der Waals surface area contributed by atoms with Gasteiger partial charge in [-0.3, -0.25) is 9.97 Å². The molecule has 2 aromatic heterocycles. The Morgan fingerprint density at radius 2 is 1.50 bits per heavy atom. The van der Waals surface area contributed by atoms with E-state index in [1.165, 1.54) is 22.3 Å². The molecule has 0 aromatic carbocycles. The van der Waals surface area contributed by atoms with E-state index in [4.69, 9.17) is 0 Å². The summed E-state index contributed by atoms with van der Waals surface area (Å²) in [5.74, 6) is 0. The summed E-state index contributed by atoms with van der Waals surface area (Å²) < 4.78 is 0. The van der Waals surface area contributed by atoms with E-state index in [0.29, 0.717) is 0 Å². The molecule has 0 atom stereocenters. The van der Waals surface area contributed by atoms with E-state index in [1.807, 2.05) is 36.9 Å². The van der Waals surface area contributed by atoms with Gasteiger partial charge in [0, 0.05) is 24.8 Å². The molecule has 3 nitrogen and oxygen atoms in total. The SMILES string of the molecule is CCNC(c1cnccc1C)c1cnccc1C. The van der Waals surface area contributed by atoms with Crippen LogP contribution >= 0.6 is 0 Å². The minimum atomic E-state index is 0.164. The molecule has 0 aliphatic heterocycles. The normalized spacial score (nSPS) is 10.9. The van der Waals surface area contributed by atoms with Gasteiger partial charge in [-0.2, -0.15) is 0 Å². The summed E-state index contributed by atoms with van der Waals surface area (Å²) in [6.45, 7) is 7.26. The highest BCUT2D eigenvalue weighted by molar-refractivity contribution is 5.37. The molecule has 0 aliphatic carbocycles. The first-order valence-electron chi connectivity index (χ1n) is 6.28. The Bertz CT molecular complexity index is 477. The van der Waals surface area contributed by atoms with Crippen molar-refractivity contribution in [3.05, 3.63) is 59.2 Å². The zero-order valence-corrected chi connectivity index (χ0v) is 11.1. The fourth-order valence-electron chi connectivity index (χ4n) is 2.15. The number of hydrogen-bond donors (Lipinski definition) is 1. The van der Waals surface area contributed by atoms with Gasteiger partial charge in [0.1, 0.15) is 0 Å². The molecule has 0 amide bonds. The first-order valence-corrected chi connectivity index (χ1v) is 6.28. The molecule has 94 valence electrons. The Morgan fingerprint density at radius 3 is 1.89 bits per heavy atom. The van der Waals surface area contributed by atoms with Crippen molar-refractivity contribution in [3.8, 4) is 0 Å². The van der Waals surface area contributed by atoms with Crippen LogP contribution in [0.4, 0.5) is 0 Å². The van der Waals surface area contributed by atoms with Gasteiger partial charge in [0.05, 0.1) is 6.04 Å². The van der Waals surface area contributed by atoms with E-state index in [2.05, 4.69) is 36.1 Å². The number of nitrogens with zero attached hydrogens (tertiary/aromatic N) is 2. The Hall–Kier alpha value is -1.74.